The molecule has 1 aliphatic heterocycles. The van der Waals surface area contributed by atoms with Crippen molar-refractivity contribution in [1.82, 2.24) is 4.90 Å². The first-order valence-electron chi connectivity index (χ1n) is 4.49. The topological polar surface area (TPSA) is 23.5 Å². The summed E-state index contributed by atoms with van der Waals surface area (Å²) in [5.41, 5.74) is 0. The zero-order chi connectivity index (χ0) is 8.43. The first kappa shape index (κ1) is 9.01. The van der Waals surface area contributed by atoms with Gasteiger partial charge in [-0.05, 0) is 31.7 Å². The highest BCUT2D eigenvalue weighted by Gasteiger charge is 2.25. The van der Waals surface area contributed by atoms with Gasteiger partial charge in [-0.25, -0.2) is 0 Å². The molecule has 2 heteroatoms. The van der Waals surface area contributed by atoms with Gasteiger partial charge < -0.3 is 5.11 Å². The number of aliphatic hydroxyl groups is 1. The summed E-state index contributed by atoms with van der Waals surface area (Å²) in [5, 5.41) is 9.40. The van der Waals surface area contributed by atoms with Crippen LogP contribution >= 0.6 is 0 Å². The van der Waals surface area contributed by atoms with Gasteiger partial charge in [0, 0.05) is 6.54 Å². The molecule has 0 radical (unpaired) electrons. The monoisotopic (exact) mass is 157 g/mol. The Morgan fingerprint density at radius 3 is 2.45 bits per heavy atom. The Labute approximate surface area is 69.2 Å². The molecule has 2 atom stereocenters. The molecule has 0 aromatic carbocycles. The second-order valence-electron chi connectivity index (χ2n) is 4.00. The fourth-order valence-corrected chi connectivity index (χ4v) is 1.71. The van der Waals surface area contributed by atoms with Crippen LogP contribution in [0.15, 0.2) is 0 Å². The molecule has 2 nitrogen and oxygen atoms in total. The summed E-state index contributed by atoms with van der Waals surface area (Å²) in [7, 11) is 2.00. The highest BCUT2D eigenvalue weighted by atomic mass is 16.3. The molecule has 0 bridgehead atoms. The fourth-order valence-electron chi connectivity index (χ4n) is 1.71. The predicted molar refractivity (Wildman–Crippen MR) is 46.2 cm³/mol. The summed E-state index contributed by atoms with van der Waals surface area (Å²) >= 11 is 0. The van der Waals surface area contributed by atoms with Crippen LogP contribution in [0.1, 0.15) is 26.7 Å². The van der Waals surface area contributed by atoms with E-state index in [0.29, 0.717) is 0 Å². The van der Waals surface area contributed by atoms with E-state index in [2.05, 4.69) is 13.8 Å². The number of piperidine rings is 1. The fraction of sp³-hybridized carbons (Fsp3) is 1.00. The van der Waals surface area contributed by atoms with Crippen LogP contribution in [0.25, 0.3) is 0 Å². The first-order valence-corrected chi connectivity index (χ1v) is 4.49. The normalized spacial score (nSPS) is 34.6. The Hall–Kier alpha value is -0.0800. The minimum absolute atomic E-state index is 0.190. The summed E-state index contributed by atoms with van der Waals surface area (Å²) in [6.45, 7) is 5.57. The molecule has 1 fully saturated rings. The minimum atomic E-state index is -0.190. The van der Waals surface area contributed by atoms with Crippen molar-refractivity contribution < 1.29 is 5.11 Å². The Balaban J connectivity index is 2.40. The van der Waals surface area contributed by atoms with E-state index in [-0.39, 0.29) is 6.23 Å². The average Bonchev–Trinajstić information content (AvgIpc) is 1.94. The lowest BCUT2D eigenvalue weighted by Gasteiger charge is -2.35. The molecule has 66 valence electrons. The molecule has 0 amide bonds. The van der Waals surface area contributed by atoms with Crippen LogP contribution in [0, 0.1) is 11.8 Å². The van der Waals surface area contributed by atoms with Crippen molar-refractivity contribution in [3.63, 3.8) is 0 Å². The maximum Gasteiger partial charge on any atom is 0.107 e. The second-order valence-corrected chi connectivity index (χ2v) is 4.00. The van der Waals surface area contributed by atoms with Crippen molar-refractivity contribution in [3.8, 4) is 0 Å². The van der Waals surface area contributed by atoms with Crippen molar-refractivity contribution in [2.75, 3.05) is 13.6 Å². The lowest BCUT2D eigenvalue weighted by Crippen LogP contribution is -2.41. The van der Waals surface area contributed by atoms with E-state index >= 15 is 0 Å². The average molecular weight is 157 g/mol. The summed E-state index contributed by atoms with van der Waals surface area (Å²) in [5.74, 6) is 1.54. The van der Waals surface area contributed by atoms with Crippen molar-refractivity contribution in [3.05, 3.63) is 0 Å². The Morgan fingerprint density at radius 1 is 1.36 bits per heavy atom. The van der Waals surface area contributed by atoms with E-state index < -0.39 is 0 Å². The summed E-state index contributed by atoms with van der Waals surface area (Å²) in [6, 6.07) is 0. The van der Waals surface area contributed by atoms with E-state index in [4.69, 9.17) is 0 Å². The van der Waals surface area contributed by atoms with Crippen LogP contribution in [0.2, 0.25) is 0 Å². The van der Waals surface area contributed by atoms with Crippen LogP contribution in [-0.2, 0) is 0 Å². The molecule has 1 aliphatic rings. The van der Waals surface area contributed by atoms with Crippen molar-refractivity contribution >= 4 is 0 Å². The smallest absolute Gasteiger partial charge is 0.107 e. The van der Waals surface area contributed by atoms with E-state index in [1.165, 1.54) is 6.42 Å². The predicted octanol–water partition coefficient (Wildman–Crippen LogP) is 1.30. The SMILES string of the molecule is CC(C)C1CCC(O)N(C)C1. The van der Waals surface area contributed by atoms with Gasteiger partial charge in [-0.3, -0.25) is 4.90 Å². The van der Waals surface area contributed by atoms with E-state index in [0.717, 1.165) is 24.8 Å². The summed E-state index contributed by atoms with van der Waals surface area (Å²) in [4.78, 5) is 2.05. The van der Waals surface area contributed by atoms with Gasteiger partial charge >= 0.3 is 0 Å². The van der Waals surface area contributed by atoms with Gasteiger partial charge in [0.05, 0.1) is 0 Å². The highest BCUT2D eigenvalue weighted by molar-refractivity contribution is 4.74. The molecule has 1 heterocycles. The van der Waals surface area contributed by atoms with Crippen LogP contribution < -0.4 is 0 Å². The van der Waals surface area contributed by atoms with Crippen molar-refractivity contribution in [1.29, 1.82) is 0 Å². The van der Waals surface area contributed by atoms with Gasteiger partial charge in [-0.2, -0.15) is 0 Å². The second kappa shape index (κ2) is 3.55. The molecule has 0 spiro atoms. The molecule has 0 aromatic rings. The van der Waals surface area contributed by atoms with Gasteiger partial charge in [-0.15, -0.1) is 0 Å². The van der Waals surface area contributed by atoms with E-state index in [9.17, 15) is 5.11 Å². The quantitative estimate of drug-likeness (QED) is 0.620. The summed E-state index contributed by atoms with van der Waals surface area (Å²) < 4.78 is 0. The Bertz CT molecular complexity index is 125. The van der Waals surface area contributed by atoms with E-state index in [1.807, 2.05) is 11.9 Å². The van der Waals surface area contributed by atoms with Crippen LogP contribution in [0.3, 0.4) is 0 Å². The maximum atomic E-state index is 9.40. The van der Waals surface area contributed by atoms with Gasteiger partial charge in [0.15, 0.2) is 0 Å². The lowest BCUT2D eigenvalue weighted by atomic mass is 9.87. The number of hydrogen-bond donors (Lipinski definition) is 1. The number of likely N-dealkylation sites (tertiary alicyclic amines) is 1. The zero-order valence-corrected chi connectivity index (χ0v) is 7.75. The standard InChI is InChI=1S/C9H19NO/c1-7(2)8-4-5-9(11)10(3)6-8/h7-9,11H,4-6H2,1-3H3. The first-order chi connectivity index (χ1) is 5.11. The number of nitrogens with zero attached hydrogens (tertiary/aromatic N) is 1. The largest absolute Gasteiger partial charge is 0.378 e. The van der Waals surface area contributed by atoms with Crippen LogP contribution in [0.5, 0.6) is 0 Å². The molecule has 0 saturated carbocycles. The van der Waals surface area contributed by atoms with Crippen molar-refractivity contribution in [2.24, 2.45) is 11.8 Å². The molecule has 1 rings (SSSR count). The van der Waals surface area contributed by atoms with Crippen LogP contribution in [0.4, 0.5) is 0 Å². The molecule has 0 aliphatic carbocycles. The third kappa shape index (κ3) is 2.17. The lowest BCUT2D eigenvalue weighted by molar-refractivity contribution is -0.0318. The van der Waals surface area contributed by atoms with Crippen LogP contribution in [-0.4, -0.2) is 29.8 Å². The molecular weight excluding hydrogens is 138 g/mol. The zero-order valence-electron chi connectivity index (χ0n) is 7.75. The van der Waals surface area contributed by atoms with Gasteiger partial charge in [-0.1, -0.05) is 13.8 Å². The van der Waals surface area contributed by atoms with Gasteiger partial charge in [0.1, 0.15) is 6.23 Å². The third-order valence-corrected chi connectivity index (χ3v) is 2.77. The van der Waals surface area contributed by atoms with Crippen molar-refractivity contribution in [2.45, 2.75) is 32.9 Å². The molecule has 11 heavy (non-hydrogen) atoms. The van der Waals surface area contributed by atoms with E-state index in [1.54, 1.807) is 0 Å². The Kier molecular flexibility index (Phi) is 2.90. The third-order valence-electron chi connectivity index (χ3n) is 2.77. The summed E-state index contributed by atoms with van der Waals surface area (Å²) in [6.07, 6.45) is 1.94. The molecule has 1 N–H and O–H groups in total. The molecule has 0 aromatic heterocycles. The number of aliphatic hydroxyl groups excluding tert-OH is 1. The minimum Gasteiger partial charge on any atom is -0.378 e. The number of hydrogen-bond acceptors (Lipinski definition) is 2. The van der Waals surface area contributed by atoms with Gasteiger partial charge in [0.2, 0.25) is 0 Å². The Morgan fingerprint density at radius 2 is 2.00 bits per heavy atom. The molecular formula is C9H19NO. The number of rotatable bonds is 1. The molecule has 1 saturated heterocycles. The maximum absolute atomic E-state index is 9.40. The molecule has 2 unspecified atom stereocenters. The van der Waals surface area contributed by atoms with Gasteiger partial charge in [0.25, 0.3) is 0 Å². The highest BCUT2D eigenvalue weighted by Crippen LogP contribution is 2.24.